The van der Waals surface area contributed by atoms with E-state index < -0.39 is 0 Å². The number of amides is 2. The molecule has 3 nitrogen and oxygen atoms in total. The minimum atomic E-state index is -0.0236. The van der Waals surface area contributed by atoms with Crippen molar-refractivity contribution in [3.05, 3.63) is 35.4 Å². The number of hydrogen-bond acceptors (Lipinski definition) is 2. The van der Waals surface area contributed by atoms with Crippen molar-refractivity contribution in [2.24, 2.45) is 0 Å². The number of benzene rings is 1. The van der Waals surface area contributed by atoms with Crippen molar-refractivity contribution in [3.63, 3.8) is 0 Å². The molecule has 1 aliphatic heterocycles. The maximum atomic E-state index is 11.7. The molecule has 2 N–H and O–H groups in total. The van der Waals surface area contributed by atoms with Gasteiger partial charge < -0.3 is 10.6 Å². The summed E-state index contributed by atoms with van der Waals surface area (Å²) in [6, 6.07) is 8.75. The molecule has 0 bridgehead atoms. The Morgan fingerprint density at radius 2 is 2.16 bits per heavy atom. The van der Waals surface area contributed by atoms with E-state index in [2.05, 4.69) is 41.8 Å². The average molecular weight is 278 g/mol. The van der Waals surface area contributed by atoms with Gasteiger partial charge in [-0.3, -0.25) is 0 Å². The summed E-state index contributed by atoms with van der Waals surface area (Å²) in [4.78, 5) is 11.7. The van der Waals surface area contributed by atoms with Crippen LogP contribution in [0.3, 0.4) is 0 Å². The third-order valence-corrected chi connectivity index (χ3v) is 4.39. The molecule has 0 unspecified atom stereocenters. The molecule has 1 saturated heterocycles. The Morgan fingerprint density at radius 1 is 1.37 bits per heavy atom. The minimum Gasteiger partial charge on any atom is -0.338 e. The molecule has 4 heteroatoms. The van der Waals surface area contributed by atoms with Gasteiger partial charge in [0.2, 0.25) is 0 Å². The lowest BCUT2D eigenvalue weighted by Crippen LogP contribution is -2.44. The molecule has 1 heterocycles. The quantitative estimate of drug-likeness (QED) is 0.889. The second-order valence-corrected chi connectivity index (χ2v) is 6.25. The van der Waals surface area contributed by atoms with Gasteiger partial charge in [0.25, 0.3) is 0 Å². The molecule has 0 saturated carbocycles. The molecule has 0 spiro atoms. The van der Waals surface area contributed by atoms with E-state index in [-0.39, 0.29) is 6.03 Å². The van der Waals surface area contributed by atoms with Crippen LogP contribution >= 0.6 is 11.8 Å². The lowest BCUT2D eigenvalue weighted by Gasteiger charge is -2.22. The predicted molar refractivity (Wildman–Crippen MR) is 81.8 cm³/mol. The molecular formula is C15H22N2OS. The van der Waals surface area contributed by atoms with E-state index in [1.54, 1.807) is 0 Å². The van der Waals surface area contributed by atoms with Gasteiger partial charge in [-0.25, -0.2) is 4.79 Å². The van der Waals surface area contributed by atoms with Gasteiger partial charge in [0.15, 0.2) is 0 Å². The summed E-state index contributed by atoms with van der Waals surface area (Å²) in [6.45, 7) is 2.78. The van der Waals surface area contributed by atoms with Gasteiger partial charge in [0.1, 0.15) is 0 Å². The Balaban J connectivity index is 1.66. The van der Waals surface area contributed by atoms with Gasteiger partial charge >= 0.3 is 6.03 Å². The van der Waals surface area contributed by atoms with Crippen LogP contribution in [0.4, 0.5) is 4.79 Å². The van der Waals surface area contributed by atoms with E-state index in [1.807, 2.05) is 11.8 Å². The molecule has 0 radical (unpaired) electrons. The summed E-state index contributed by atoms with van der Waals surface area (Å²) in [5.41, 5.74) is 2.54. The van der Waals surface area contributed by atoms with E-state index in [1.165, 1.54) is 11.1 Å². The van der Waals surface area contributed by atoms with Crippen molar-refractivity contribution < 1.29 is 4.79 Å². The Labute approximate surface area is 119 Å². The number of aryl methyl sites for hydroxylation is 1. The van der Waals surface area contributed by atoms with Crippen molar-refractivity contribution >= 4 is 17.8 Å². The first-order chi connectivity index (χ1) is 9.24. The molecule has 1 aromatic carbocycles. The molecule has 2 rings (SSSR count). The molecule has 19 heavy (non-hydrogen) atoms. The summed E-state index contributed by atoms with van der Waals surface area (Å²) in [7, 11) is 0. The van der Waals surface area contributed by atoms with E-state index >= 15 is 0 Å². The van der Waals surface area contributed by atoms with Gasteiger partial charge in [-0.1, -0.05) is 29.8 Å². The molecule has 0 aromatic heterocycles. The highest BCUT2D eigenvalue weighted by Gasteiger charge is 2.15. The van der Waals surface area contributed by atoms with Crippen molar-refractivity contribution in [3.8, 4) is 0 Å². The lowest BCUT2D eigenvalue weighted by atomic mass is 10.1. The van der Waals surface area contributed by atoms with Gasteiger partial charge in [0.05, 0.1) is 0 Å². The predicted octanol–water partition coefficient (Wildman–Crippen LogP) is 2.73. The third-order valence-electron chi connectivity index (χ3n) is 3.34. The highest BCUT2D eigenvalue weighted by Crippen LogP contribution is 2.16. The molecule has 1 aromatic rings. The maximum Gasteiger partial charge on any atom is 0.315 e. The smallest absolute Gasteiger partial charge is 0.315 e. The second kappa shape index (κ2) is 7.43. The zero-order valence-corrected chi connectivity index (χ0v) is 12.3. The molecule has 0 aliphatic carbocycles. The maximum absolute atomic E-state index is 11.7. The van der Waals surface area contributed by atoms with E-state index in [9.17, 15) is 4.79 Å². The minimum absolute atomic E-state index is 0.0236. The summed E-state index contributed by atoms with van der Waals surface area (Å²) < 4.78 is 0. The van der Waals surface area contributed by atoms with Crippen LogP contribution in [0.25, 0.3) is 0 Å². The fourth-order valence-corrected chi connectivity index (χ4v) is 3.37. The number of carbonyl (C=O) groups excluding carboxylic acids is 1. The zero-order chi connectivity index (χ0) is 13.5. The van der Waals surface area contributed by atoms with Crippen LogP contribution in [0, 0.1) is 6.92 Å². The lowest BCUT2D eigenvalue weighted by molar-refractivity contribution is 0.236. The van der Waals surface area contributed by atoms with Crippen molar-refractivity contribution in [1.29, 1.82) is 0 Å². The van der Waals surface area contributed by atoms with Gasteiger partial charge in [-0.15, -0.1) is 0 Å². The van der Waals surface area contributed by atoms with E-state index in [0.717, 1.165) is 30.8 Å². The van der Waals surface area contributed by atoms with Crippen LogP contribution in [0.1, 0.15) is 24.0 Å². The summed E-state index contributed by atoms with van der Waals surface area (Å²) in [5.74, 6) is 2.32. The molecule has 1 aliphatic rings. The average Bonchev–Trinajstić information content (AvgIpc) is 2.40. The molecule has 0 atom stereocenters. The van der Waals surface area contributed by atoms with Crippen molar-refractivity contribution in [1.82, 2.24) is 10.6 Å². The number of hydrogen-bond donors (Lipinski definition) is 2. The van der Waals surface area contributed by atoms with E-state index in [4.69, 9.17) is 0 Å². The standard InChI is InChI=1S/C15H22N2OS/c1-12-3-2-4-13(11-12)5-8-16-15(18)17-14-6-9-19-10-7-14/h2-4,11,14H,5-10H2,1H3,(H2,16,17,18). The topological polar surface area (TPSA) is 41.1 Å². The Kier molecular flexibility index (Phi) is 5.58. The van der Waals surface area contributed by atoms with Crippen LogP contribution in [-0.4, -0.2) is 30.1 Å². The Hall–Kier alpha value is -1.16. The van der Waals surface area contributed by atoms with Crippen LogP contribution in [0.5, 0.6) is 0 Å². The van der Waals surface area contributed by atoms with Gasteiger partial charge in [0, 0.05) is 12.6 Å². The summed E-state index contributed by atoms with van der Waals surface area (Å²) in [6.07, 6.45) is 3.07. The number of carbonyl (C=O) groups is 1. The Morgan fingerprint density at radius 3 is 2.89 bits per heavy atom. The number of urea groups is 1. The van der Waals surface area contributed by atoms with Crippen molar-refractivity contribution in [2.45, 2.75) is 32.2 Å². The van der Waals surface area contributed by atoms with Crippen LogP contribution in [0.15, 0.2) is 24.3 Å². The molecule has 104 valence electrons. The van der Waals surface area contributed by atoms with Crippen LogP contribution in [0.2, 0.25) is 0 Å². The number of thioether (sulfide) groups is 1. The fourth-order valence-electron chi connectivity index (χ4n) is 2.27. The zero-order valence-electron chi connectivity index (χ0n) is 11.4. The highest BCUT2D eigenvalue weighted by atomic mass is 32.2. The van der Waals surface area contributed by atoms with Crippen LogP contribution < -0.4 is 10.6 Å². The fraction of sp³-hybridized carbons (Fsp3) is 0.533. The number of rotatable bonds is 4. The van der Waals surface area contributed by atoms with Crippen LogP contribution in [-0.2, 0) is 6.42 Å². The normalized spacial score (nSPS) is 16.1. The number of nitrogens with one attached hydrogen (secondary N) is 2. The first-order valence-electron chi connectivity index (χ1n) is 6.92. The Bertz CT molecular complexity index is 416. The summed E-state index contributed by atoms with van der Waals surface area (Å²) in [5, 5.41) is 5.99. The third kappa shape index (κ3) is 5.15. The molecule has 2 amide bonds. The molecular weight excluding hydrogens is 256 g/mol. The van der Waals surface area contributed by atoms with Gasteiger partial charge in [-0.05, 0) is 43.3 Å². The molecule has 1 fully saturated rings. The highest BCUT2D eigenvalue weighted by molar-refractivity contribution is 7.99. The first kappa shape index (κ1) is 14.3. The summed E-state index contributed by atoms with van der Waals surface area (Å²) >= 11 is 1.97. The van der Waals surface area contributed by atoms with Crippen molar-refractivity contribution in [2.75, 3.05) is 18.1 Å². The SMILES string of the molecule is Cc1cccc(CCNC(=O)NC2CCSCC2)c1. The largest absolute Gasteiger partial charge is 0.338 e. The second-order valence-electron chi connectivity index (χ2n) is 5.03. The van der Waals surface area contributed by atoms with E-state index in [0.29, 0.717) is 12.6 Å². The monoisotopic (exact) mass is 278 g/mol. The van der Waals surface area contributed by atoms with Gasteiger partial charge in [-0.2, -0.15) is 11.8 Å². The first-order valence-corrected chi connectivity index (χ1v) is 8.07.